The van der Waals surface area contributed by atoms with E-state index in [1.54, 1.807) is 7.11 Å². The Morgan fingerprint density at radius 3 is 2.76 bits per heavy atom. The van der Waals surface area contributed by atoms with Gasteiger partial charge in [0, 0.05) is 26.3 Å². The van der Waals surface area contributed by atoms with Gasteiger partial charge in [-0.2, -0.15) is 0 Å². The fourth-order valence-corrected chi connectivity index (χ4v) is 3.36. The highest BCUT2D eigenvalue weighted by Crippen LogP contribution is 2.11. The molecule has 2 atom stereocenters. The van der Waals surface area contributed by atoms with Crippen LogP contribution in [0.15, 0.2) is 42.6 Å². The van der Waals surface area contributed by atoms with E-state index in [1.807, 2.05) is 6.92 Å². The topological polar surface area (TPSA) is 65.1 Å². The SMILES string of the molecule is CCCC(=O)OC[C@@H](O)C[NH+](CCOC)Cc1cccn1Cc1ccccc1C. The molecule has 1 aromatic heterocycles. The lowest BCUT2D eigenvalue weighted by Crippen LogP contribution is -3.12. The van der Waals surface area contributed by atoms with Gasteiger partial charge in [-0.1, -0.05) is 31.2 Å². The summed E-state index contributed by atoms with van der Waals surface area (Å²) in [7, 11) is 1.68. The van der Waals surface area contributed by atoms with Crippen molar-refractivity contribution in [1.29, 1.82) is 0 Å². The number of carbonyl (C=O) groups is 1. The van der Waals surface area contributed by atoms with Gasteiger partial charge in [-0.3, -0.25) is 4.79 Å². The van der Waals surface area contributed by atoms with Gasteiger partial charge in [0.1, 0.15) is 32.3 Å². The number of esters is 1. The zero-order chi connectivity index (χ0) is 21.1. The van der Waals surface area contributed by atoms with Crippen LogP contribution in [0.25, 0.3) is 0 Å². The van der Waals surface area contributed by atoms with Crippen LogP contribution < -0.4 is 4.90 Å². The van der Waals surface area contributed by atoms with Crippen molar-refractivity contribution in [3.63, 3.8) is 0 Å². The molecule has 6 nitrogen and oxygen atoms in total. The Morgan fingerprint density at radius 1 is 1.24 bits per heavy atom. The third-order valence-electron chi connectivity index (χ3n) is 5.03. The molecule has 0 spiro atoms. The van der Waals surface area contributed by atoms with E-state index >= 15 is 0 Å². The number of hydrogen-bond acceptors (Lipinski definition) is 4. The van der Waals surface area contributed by atoms with Crippen LogP contribution in [-0.2, 0) is 27.4 Å². The largest absolute Gasteiger partial charge is 0.463 e. The van der Waals surface area contributed by atoms with E-state index in [9.17, 15) is 9.90 Å². The Labute approximate surface area is 174 Å². The molecular weight excluding hydrogens is 368 g/mol. The van der Waals surface area contributed by atoms with E-state index in [-0.39, 0.29) is 12.6 Å². The number of quaternary nitrogens is 1. The molecule has 1 unspecified atom stereocenters. The number of ether oxygens (including phenoxy) is 2. The molecule has 0 aliphatic heterocycles. The minimum absolute atomic E-state index is 0.0412. The fourth-order valence-electron chi connectivity index (χ4n) is 3.36. The van der Waals surface area contributed by atoms with Crippen LogP contribution in [0.3, 0.4) is 0 Å². The fraction of sp³-hybridized carbons (Fsp3) is 0.522. The van der Waals surface area contributed by atoms with Crippen LogP contribution in [0, 0.1) is 6.92 Å². The van der Waals surface area contributed by atoms with Gasteiger partial charge in [0.25, 0.3) is 0 Å². The van der Waals surface area contributed by atoms with Gasteiger partial charge in [-0.15, -0.1) is 0 Å². The summed E-state index contributed by atoms with van der Waals surface area (Å²) in [5, 5.41) is 10.4. The van der Waals surface area contributed by atoms with Crippen molar-refractivity contribution in [2.45, 2.75) is 45.9 Å². The molecule has 1 heterocycles. The highest BCUT2D eigenvalue weighted by molar-refractivity contribution is 5.69. The summed E-state index contributed by atoms with van der Waals surface area (Å²) in [4.78, 5) is 12.7. The summed E-state index contributed by atoms with van der Waals surface area (Å²) in [5.41, 5.74) is 3.78. The van der Waals surface area contributed by atoms with Crippen molar-refractivity contribution in [3.8, 4) is 0 Å². The van der Waals surface area contributed by atoms with Gasteiger partial charge >= 0.3 is 5.97 Å². The van der Waals surface area contributed by atoms with E-state index in [0.29, 0.717) is 19.6 Å². The average Bonchev–Trinajstić information content (AvgIpc) is 3.13. The minimum atomic E-state index is -0.692. The predicted octanol–water partition coefficient (Wildman–Crippen LogP) is 1.58. The Morgan fingerprint density at radius 2 is 2.03 bits per heavy atom. The second kappa shape index (κ2) is 12.4. The molecule has 160 valence electrons. The molecule has 2 N–H and O–H groups in total. The van der Waals surface area contributed by atoms with Crippen molar-refractivity contribution in [1.82, 2.24) is 4.57 Å². The van der Waals surface area contributed by atoms with Gasteiger partial charge in [0.05, 0.1) is 12.3 Å². The van der Waals surface area contributed by atoms with Gasteiger partial charge < -0.3 is 24.0 Å². The van der Waals surface area contributed by atoms with Gasteiger partial charge in [-0.05, 0) is 36.6 Å². The summed E-state index contributed by atoms with van der Waals surface area (Å²) >= 11 is 0. The standard InChI is InChI=1S/C23H34N2O4/c1-4-8-23(27)29-18-22(26)17-24(13-14-28-3)16-21-11-7-12-25(21)15-20-10-6-5-9-19(20)2/h5-7,9-12,22,26H,4,8,13-18H2,1-3H3/p+1/t22-/m0/s1. The molecule has 0 amide bonds. The minimum Gasteiger partial charge on any atom is -0.463 e. The summed E-state index contributed by atoms with van der Waals surface area (Å²) in [6.07, 6.45) is 2.54. The number of aliphatic hydroxyl groups excluding tert-OH is 1. The van der Waals surface area contributed by atoms with E-state index in [4.69, 9.17) is 9.47 Å². The van der Waals surface area contributed by atoms with Crippen molar-refractivity contribution in [2.24, 2.45) is 0 Å². The van der Waals surface area contributed by atoms with Crippen LogP contribution >= 0.6 is 0 Å². The molecule has 6 heteroatoms. The number of nitrogens with zero attached hydrogens (tertiary/aromatic N) is 1. The number of hydrogen-bond donors (Lipinski definition) is 2. The Balaban J connectivity index is 1.98. The summed E-state index contributed by atoms with van der Waals surface area (Å²) in [5.74, 6) is -0.253. The molecule has 2 aromatic rings. The molecule has 0 radical (unpaired) electrons. The Hall–Kier alpha value is -2.15. The zero-order valence-corrected chi connectivity index (χ0v) is 17.9. The lowest BCUT2D eigenvalue weighted by atomic mass is 10.1. The average molecular weight is 404 g/mol. The highest BCUT2D eigenvalue weighted by Gasteiger charge is 2.19. The number of carbonyl (C=O) groups excluding carboxylic acids is 1. The maximum absolute atomic E-state index is 11.5. The van der Waals surface area contributed by atoms with Crippen LogP contribution in [0.2, 0.25) is 0 Å². The van der Waals surface area contributed by atoms with Crippen LogP contribution in [0.4, 0.5) is 0 Å². The number of rotatable bonds is 13. The van der Waals surface area contributed by atoms with Crippen molar-refractivity contribution in [2.75, 3.05) is 33.4 Å². The first-order chi connectivity index (χ1) is 14.0. The zero-order valence-electron chi connectivity index (χ0n) is 17.9. The second-order valence-corrected chi connectivity index (χ2v) is 7.51. The van der Waals surface area contributed by atoms with Crippen molar-refractivity contribution < 1.29 is 24.3 Å². The summed E-state index contributed by atoms with van der Waals surface area (Å²) in [6, 6.07) is 12.6. The van der Waals surface area contributed by atoms with Crippen LogP contribution in [-0.4, -0.2) is 55.2 Å². The lowest BCUT2D eigenvalue weighted by Gasteiger charge is -2.23. The predicted molar refractivity (Wildman–Crippen MR) is 113 cm³/mol. The number of nitrogens with one attached hydrogen (secondary N) is 1. The van der Waals surface area contributed by atoms with E-state index in [2.05, 4.69) is 54.1 Å². The molecule has 2 rings (SSSR count). The number of aryl methyl sites for hydroxylation is 1. The number of methoxy groups -OCH3 is 1. The maximum Gasteiger partial charge on any atom is 0.305 e. The molecular formula is C23H35N2O4+. The molecule has 0 saturated carbocycles. The first-order valence-electron chi connectivity index (χ1n) is 10.4. The summed E-state index contributed by atoms with van der Waals surface area (Å²) < 4.78 is 12.7. The smallest absolute Gasteiger partial charge is 0.305 e. The van der Waals surface area contributed by atoms with Crippen LogP contribution in [0.5, 0.6) is 0 Å². The van der Waals surface area contributed by atoms with Gasteiger partial charge in [0.15, 0.2) is 0 Å². The first-order valence-corrected chi connectivity index (χ1v) is 10.4. The number of benzene rings is 1. The molecule has 0 aliphatic carbocycles. The molecule has 0 bridgehead atoms. The first kappa shape index (κ1) is 23.1. The third kappa shape index (κ3) is 8.01. The lowest BCUT2D eigenvalue weighted by molar-refractivity contribution is -0.917. The third-order valence-corrected chi connectivity index (χ3v) is 5.03. The van der Waals surface area contributed by atoms with E-state index in [1.165, 1.54) is 21.7 Å². The molecule has 0 aliphatic rings. The van der Waals surface area contributed by atoms with Gasteiger partial charge in [-0.25, -0.2) is 0 Å². The molecule has 29 heavy (non-hydrogen) atoms. The molecule has 0 saturated heterocycles. The molecule has 1 aromatic carbocycles. The molecule has 0 fully saturated rings. The maximum atomic E-state index is 11.5. The van der Waals surface area contributed by atoms with Gasteiger partial charge in [0.2, 0.25) is 0 Å². The number of aromatic nitrogens is 1. The second-order valence-electron chi connectivity index (χ2n) is 7.51. The Bertz CT molecular complexity index is 744. The van der Waals surface area contributed by atoms with E-state index in [0.717, 1.165) is 26.1 Å². The van der Waals surface area contributed by atoms with Crippen LogP contribution in [0.1, 0.15) is 36.6 Å². The summed E-state index contributed by atoms with van der Waals surface area (Å²) in [6.45, 7) is 7.57. The number of aliphatic hydroxyl groups is 1. The Kier molecular flexibility index (Phi) is 9.91. The normalized spacial score (nSPS) is 13.2. The highest BCUT2D eigenvalue weighted by atomic mass is 16.5. The van der Waals surface area contributed by atoms with Crippen molar-refractivity contribution >= 4 is 5.97 Å². The monoisotopic (exact) mass is 403 g/mol. The van der Waals surface area contributed by atoms with E-state index < -0.39 is 6.10 Å². The quantitative estimate of drug-likeness (QED) is 0.499. The van der Waals surface area contributed by atoms with Crippen molar-refractivity contribution in [3.05, 3.63) is 59.4 Å².